The Hall–Kier alpha value is -1.51. The van der Waals surface area contributed by atoms with E-state index in [-0.39, 0.29) is 0 Å². The summed E-state index contributed by atoms with van der Waals surface area (Å²) in [6.45, 7) is 3.03. The predicted molar refractivity (Wildman–Crippen MR) is 100 cm³/mol. The van der Waals surface area contributed by atoms with Crippen LogP contribution >= 0.6 is 11.6 Å². The highest BCUT2D eigenvalue weighted by Gasteiger charge is 2.21. The molecule has 0 N–H and O–H groups in total. The van der Waals surface area contributed by atoms with Crippen LogP contribution in [0.15, 0.2) is 36.4 Å². The predicted octanol–water partition coefficient (Wildman–Crippen LogP) is 4.83. The Morgan fingerprint density at radius 1 is 1.12 bits per heavy atom. The number of hydrogen-bond acceptors (Lipinski definition) is 2. The van der Waals surface area contributed by atoms with Crippen LogP contribution in [0.25, 0.3) is 11.1 Å². The molecule has 1 fully saturated rings. The first-order valence-corrected chi connectivity index (χ1v) is 9.31. The Balaban J connectivity index is 1.58. The molecular weight excluding hydrogens is 318 g/mol. The summed E-state index contributed by atoms with van der Waals surface area (Å²) in [4.78, 5) is 2.36. The van der Waals surface area contributed by atoms with Crippen molar-refractivity contribution >= 4 is 11.6 Å². The van der Waals surface area contributed by atoms with Gasteiger partial charge < -0.3 is 9.64 Å². The van der Waals surface area contributed by atoms with Crippen molar-refractivity contribution in [1.82, 2.24) is 4.90 Å². The lowest BCUT2D eigenvalue weighted by Crippen LogP contribution is -2.18. The van der Waals surface area contributed by atoms with Gasteiger partial charge in [0.15, 0.2) is 0 Å². The number of aryl methyl sites for hydroxylation is 1. The summed E-state index contributed by atoms with van der Waals surface area (Å²) in [6, 6.07) is 12.8. The Labute approximate surface area is 149 Å². The second kappa shape index (κ2) is 6.78. The van der Waals surface area contributed by atoms with E-state index in [1.54, 1.807) is 0 Å². The van der Waals surface area contributed by atoms with Crippen molar-refractivity contribution in [2.24, 2.45) is 5.92 Å². The largest absolute Gasteiger partial charge is 0.492 e. The molecule has 0 bridgehead atoms. The van der Waals surface area contributed by atoms with Gasteiger partial charge in [0.05, 0.1) is 11.6 Å². The van der Waals surface area contributed by atoms with Gasteiger partial charge in [0.1, 0.15) is 5.75 Å². The van der Waals surface area contributed by atoms with Gasteiger partial charge in [-0.05, 0) is 62.0 Å². The van der Waals surface area contributed by atoms with Crippen LogP contribution in [-0.4, -0.2) is 31.6 Å². The first-order valence-electron chi connectivity index (χ1n) is 8.93. The van der Waals surface area contributed by atoms with Crippen molar-refractivity contribution < 1.29 is 4.74 Å². The number of fused-ring (bicyclic) bond motifs is 1. The van der Waals surface area contributed by atoms with Crippen LogP contribution in [0.5, 0.6) is 5.75 Å². The van der Waals surface area contributed by atoms with Crippen molar-refractivity contribution in [3.8, 4) is 16.9 Å². The van der Waals surface area contributed by atoms with Crippen LogP contribution in [0.3, 0.4) is 0 Å². The van der Waals surface area contributed by atoms with Gasteiger partial charge in [-0.1, -0.05) is 41.9 Å². The second-order valence-corrected chi connectivity index (χ2v) is 7.52. The molecule has 0 saturated carbocycles. The normalized spacial score (nSPS) is 20.3. The van der Waals surface area contributed by atoms with Gasteiger partial charge in [0.25, 0.3) is 0 Å². The number of benzene rings is 2. The molecule has 2 aromatic carbocycles. The topological polar surface area (TPSA) is 12.5 Å². The van der Waals surface area contributed by atoms with E-state index in [0.29, 0.717) is 5.92 Å². The third kappa shape index (κ3) is 3.05. The van der Waals surface area contributed by atoms with Gasteiger partial charge in [-0.25, -0.2) is 0 Å². The second-order valence-electron chi connectivity index (χ2n) is 7.14. The molecule has 24 heavy (non-hydrogen) atoms. The molecule has 1 aliphatic heterocycles. The Bertz CT molecular complexity index is 743. The minimum atomic E-state index is 0.607. The molecule has 1 unspecified atom stereocenters. The van der Waals surface area contributed by atoms with Gasteiger partial charge in [0, 0.05) is 18.0 Å². The number of hydrogen-bond donors (Lipinski definition) is 0. The smallest absolute Gasteiger partial charge is 0.138 e. The molecule has 2 aromatic rings. The first kappa shape index (κ1) is 16.0. The Morgan fingerprint density at radius 3 is 2.79 bits per heavy atom. The highest BCUT2D eigenvalue weighted by molar-refractivity contribution is 6.34. The molecule has 0 spiro atoms. The average Bonchev–Trinajstić information content (AvgIpc) is 3.22. The van der Waals surface area contributed by atoms with Crippen LogP contribution in [-0.2, 0) is 12.8 Å². The SMILES string of the molecule is CN1CCC(COc2cccc(-c3cccc4c3CCC4)c2Cl)C1. The molecule has 1 saturated heterocycles. The van der Waals surface area contributed by atoms with E-state index < -0.39 is 0 Å². The van der Waals surface area contributed by atoms with Crippen LogP contribution in [0.1, 0.15) is 24.0 Å². The summed E-state index contributed by atoms with van der Waals surface area (Å²) in [5.41, 5.74) is 5.33. The fourth-order valence-electron chi connectivity index (χ4n) is 4.07. The maximum atomic E-state index is 6.72. The van der Waals surface area contributed by atoms with E-state index in [2.05, 4.69) is 42.3 Å². The third-order valence-corrected chi connectivity index (χ3v) is 5.75. The summed E-state index contributed by atoms with van der Waals surface area (Å²) in [7, 11) is 2.17. The molecule has 0 radical (unpaired) electrons. The number of halogens is 1. The Morgan fingerprint density at radius 2 is 1.96 bits per heavy atom. The van der Waals surface area contributed by atoms with E-state index in [9.17, 15) is 0 Å². The summed E-state index contributed by atoms with van der Waals surface area (Å²) in [5, 5.41) is 0.754. The van der Waals surface area contributed by atoms with E-state index in [4.69, 9.17) is 16.3 Å². The molecule has 126 valence electrons. The minimum absolute atomic E-state index is 0.607. The molecule has 2 aliphatic rings. The quantitative estimate of drug-likeness (QED) is 0.790. The monoisotopic (exact) mass is 341 g/mol. The lowest BCUT2D eigenvalue weighted by molar-refractivity contribution is 0.249. The highest BCUT2D eigenvalue weighted by Crippen LogP contribution is 2.40. The van der Waals surface area contributed by atoms with E-state index in [1.807, 2.05) is 6.07 Å². The van der Waals surface area contributed by atoms with Crippen molar-refractivity contribution in [2.45, 2.75) is 25.7 Å². The van der Waals surface area contributed by atoms with Gasteiger partial charge in [-0.3, -0.25) is 0 Å². The van der Waals surface area contributed by atoms with Crippen molar-refractivity contribution in [2.75, 3.05) is 26.7 Å². The third-order valence-electron chi connectivity index (χ3n) is 5.36. The summed E-state index contributed by atoms with van der Waals surface area (Å²) in [5.74, 6) is 1.43. The van der Waals surface area contributed by atoms with Crippen molar-refractivity contribution in [3.05, 3.63) is 52.5 Å². The van der Waals surface area contributed by atoms with Crippen LogP contribution in [0.2, 0.25) is 5.02 Å². The molecular formula is C21H24ClNO. The van der Waals surface area contributed by atoms with Crippen molar-refractivity contribution in [3.63, 3.8) is 0 Å². The maximum Gasteiger partial charge on any atom is 0.138 e. The molecule has 2 nitrogen and oxygen atoms in total. The number of ether oxygens (including phenoxy) is 1. The van der Waals surface area contributed by atoms with Crippen molar-refractivity contribution in [1.29, 1.82) is 0 Å². The van der Waals surface area contributed by atoms with E-state index in [1.165, 1.54) is 36.0 Å². The zero-order valence-corrected chi connectivity index (χ0v) is 15.0. The molecule has 1 heterocycles. The molecule has 3 heteroatoms. The summed E-state index contributed by atoms with van der Waals surface area (Å²) in [6.07, 6.45) is 4.79. The maximum absolute atomic E-state index is 6.72. The van der Waals surface area contributed by atoms with Gasteiger partial charge in [0.2, 0.25) is 0 Å². The van der Waals surface area contributed by atoms with E-state index in [0.717, 1.165) is 42.5 Å². The zero-order chi connectivity index (χ0) is 16.5. The minimum Gasteiger partial charge on any atom is -0.492 e. The fourth-order valence-corrected chi connectivity index (χ4v) is 4.35. The van der Waals surface area contributed by atoms with Gasteiger partial charge in [-0.15, -0.1) is 0 Å². The van der Waals surface area contributed by atoms with Gasteiger partial charge >= 0.3 is 0 Å². The number of nitrogens with zero attached hydrogens (tertiary/aromatic N) is 1. The molecule has 1 aliphatic carbocycles. The lowest BCUT2D eigenvalue weighted by atomic mass is 9.97. The van der Waals surface area contributed by atoms with Crippen LogP contribution in [0.4, 0.5) is 0 Å². The fraction of sp³-hybridized carbons (Fsp3) is 0.429. The van der Waals surface area contributed by atoms with E-state index >= 15 is 0 Å². The van der Waals surface area contributed by atoms with Gasteiger partial charge in [-0.2, -0.15) is 0 Å². The standard InChI is InChI=1S/C21H24ClNO/c1-23-12-11-15(13-23)14-24-20-10-4-9-19(21(20)22)18-8-3-6-16-5-2-7-17(16)18/h3-4,6,8-10,15H,2,5,7,11-14H2,1H3. The first-order chi connectivity index (χ1) is 11.7. The molecule has 1 atom stereocenters. The highest BCUT2D eigenvalue weighted by atomic mass is 35.5. The average molecular weight is 342 g/mol. The summed E-state index contributed by atoms with van der Waals surface area (Å²) >= 11 is 6.72. The number of rotatable bonds is 4. The molecule has 0 amide bonds. The van der Waals surface area contributed by atoms with Crippen LogP contribution in [0, 0.1) is 5.92 Å². The number of likely N-dealkylation sites (tertiary alicyclic amines) is 1. The summed E-state index contributed by atoms with van der Waals surface area (Å²) < 4.78 is 6.09. The molecule has 0 aromatic heterocycles. The lowest BCUT2D eigenvalue weighted by Gasteiger charge is -2.16. The van der Waals surface area contributed by atoms with Crippen LogP contribution < -0.4 is 4.74 Å². The molecule has 4 rings (SSSR count). The zero-order valence-electron chi connectivity index (χ0n) is 14.2. The Kier molecular flexibility index (Phi) is 4.51.